The highest BCUT2D eigenvalue weighted by Gasteiger charge is 2.16. The quantitative estimate of drug-likeness (QED) is 0.911. The van der Waals surface area contributed by atoms with Crippen molar-refractivity contribution in [2.75, 3.05) is 13.8 Å². The maximum absolute atomic E-state index is 12.4. The van der Waals surface area contributed by atoms with Crippen LogP contribution in [0.2, 0.25) is 5.02 Å². The Morgan fingerprint density at radius 2 is 1.92 bits per heavy atom. The Morgan fingerprint density at radius 3 is 2.67 bits per heavy atom. The molecule has 0 saturated carbocycles. The first kappa shape index (κ1) is 16.5. The molecule has 1 heterocycles. The number of benzene rings is 2. The number of nitrogens with zero attached hydrogens (tertiary/aromatic N) is 1. The third-order valence-corrected chi connectivity index (χ3v) is 4.17. The Morgan fingerprint density at radius 1 is 1.21 bits per heavy atom. The first-order chi connectivity index (χ1) is 11.5. The van der Waals surface area contributed by atoms with Crippen molar-refractivity contribution in [3.63, 3.8) is 0 Å². The molecule has 0 aliphatic carbocycles. The van der Waals surface area contributed by atoms with Crippen LogP contribution in [0, 0.1) is 0 Å². The van der Waals surface area contributed by atoms with Crippen molar-refractivity contribution >= 4 is 17.6 Å². The second-order valence-electron chi connectivity index (χ2n) is 5.77. The van der Waals surface area contributed by atoms with E-state index >= 15 is 0 Å². The molecule has 2 aromatic carbocycles. The summed E-state index contributed by atoms with van der Waals surface area (Å²) in [4.78, 5) is 14.0. The van der Waals surface area contributed by atoms with E-state index < -0.39 is 0 Å². The first-order valence-corrected chi connectivity index (χ1v) is 8.06. The van der Waals surface area contributed by atoms with E-state index in [1.54, 1.807) is 11.9 Å². The van der Waals surface area contributed by atoms with E-state index in [0.29, 0.717) is 11.6 Å². The minimum absolute atomic E-state index is 0.103. The van der Waals surface area contributed by atoms with Crippen molar-refractivity contribution in [1.82, 2.24) is 10.2 Å². The number of carbonyl (C=O) groups excluding carboxylic acids is 1. The predicted molar refractivity (Wildman–Crippen MR) is 92.4 cm³/mol. The zero-order valence-corrected chi connectivity index (χ0v) is 14.3. The summed E-state index contributed by atoms with van der Waals surface area (Å²) in [6, 6.07) is 12.9. The number of rotatable bonds is 4. The Labute approximate surface area is 146 Å². The lowest BCUT2D eigenvalue weighted by Crippen LogP contribution is -2.38. The number of nitrogens with one attached hydrogen (secondary N) is 1. The fourth-order valence-corrected chi connectivity index (χ4v) is 2.64. The minimum Gasteiger partial charge on any atom is -0.454 e. The van der Waals surface area contributed by atoms with Crippen molar-refractivity contribution in [3.8, 4) is 11.5 Å². The second-order valence-corrected chi connectivity index (χ2v) is 6.20. The topological polar surface area (TPSA) is 50.8 Å². The van der Waals surface area contributed by atoms with E-state index in [9.17, 15) is 4.79 Å². The van der Waals surface area contributed by atoms with Gasteiger partial charge in [0, 0.05) is 18.6 Å². The van der Waals surface area contributed by atoms with Crippen LogP contribution in [0.1, 0.15) is 24.1 Å². The summed E-state index contributed by atoms with van der Waals surface area (Å²) >= 11 is 5.89. The summed E-state index contributed by atoms with van der Waals surface area (Å²) in [5.74, 6) is 1.46. The molecule has 1 atom stereocenters. The van der Waals surface area contributed by atoms with Gasteiger partial charge in [-0.2, -0.15) is 0 Å². The van der Waals surface area contributed by atoms with E-state index in [-0.39, 0.29) is 18.9 Å². The molecule has 3 rings (SSSR count). The molecule has 1 unspecified atom stereocenters. The molecule has 1 aliphatic rings. The fraction of sp³-hybridized carbons (Fsp3) is 0.278. The predicted octanol–water partition coefficient (Wildman–Crippen LogP) is 3.97. The number of amides is 2. The maximum Gasteiger partial charge on any atom is 0.317 e. The Kier molecular flexibility index (Phi) is 4.81. The van der Waals surface area contributed by atoms with Crippen LogP contribution in [-0.4, -0.2) is 24.8 Å². The van der Waals surface area contributed by atoms with E-state index in [1.165, 1.54) is 0 Å². The molecule has 6 heteroatoms. The number of fused-ring (bicyclic) bond motifs is 1. The van der Waals surface area contributed by atoms with Crippen LogP contribution in [0.5, 0.6) is 11.5 Å². The van der Waals surface area contributed by atoms with Gasteiger partial charge in [0.25, 0.3) is 0 Å². The van der Waals surface area contributed by atoms with Gasteiger partial charge in [0.15, 0.2) is 11.5 Å². The Bertz CT molecular complexity index is 734. The molecule has 0 fully saturated rings. The molecular formula is C18H19ClN2O3. The molecule has 2 amide bonds. The molecule has 126 valence electrons. The normalized spacial score (nSPS) is 13.5. The number of hydrogen-bond acceptors (Lipinski definition) is 3. The van der Waals surface area contributed by atoms with Gasteiger partial charge in [-0.25, -0.2) is 4.79 Å². The molecule has 2 aromatic rings. The van der Waals surface area contributed by atoms with Gasteiger partial charge in [-0.3, -0.25) is 0 Å². The smallest absolute Gasteiger partial charge is 0.317 e. The maximum atomic E-state index is 12.4. The molecule has 0 saturated heterocycles. The summed E-state index contributed by atoms with van der Waals surface area (Å²) in [5.41, 5.74) is 1.99. The molecule has 24 heavy (non-hydrogen) atoms. The van der Waals surface area contributed by atoms with Gasteiger partial charge in [-0.05, 0) is 42.3 Å². The van der Waals surface area contributed by atoms with Gasteiger partial charge in [-0.1, -0.05) is 29.8 Å². The molecule has 5 nitrogen and oxygen atoms in total. The zero-order valence-electron chi connectivity index (χ0n) is 13.6. The fourth-order valence-electron chi connectivity index (χ4n) is 2.52. The monoisotopic (exact) mass is 346 g/mol. The summed E-state index contributed by atoms with van der Waals surface area (Å²) in [7, 11) is 1.76. The molecule has 1 N–H and O–H groups in total. The summed E-state index contributed by atoms with van der Waals surface area (Å²) < 4.78 is 10.7. The van der Waals surface area contributed by atoms with Crippen LogP contribution in [0.25, 0.3) is 0 Å². The van der Waals surface area contributed by atoms with Gasteiger partial charge in [0.1, 0.15) is 0 Å². The largest absolute Gasteiger partial charge is 0.454 e. The Hall–Kier alpha value is -2.40. The highest BCUT2D eigenvalue weighted by Crippen LogP contribution is 2.32. The molecule has 1 aliphatic heterocycles. The third-order valence-electron chi connectivity index (χ3n) is 3.91. The van der Waals surface area contributed by atoms with E-state index in [4.69, 9.17) is 21.1 Å². The molecule has 0 radical (unpaired) electrons. The highest BCUT2D eigenvalue weighted by molar-refractivity contribution is 6.30. The molecule has 0 bridgehead atoms. The lowest BCUT2D eigenvalue weighted by atomic mass is 10.1. The van der Waals surface area contributed by atoms with E-state index in [1.807, 2.05) is 49.4 Å². The number of hydrogen-bond donors (Lipinski definition) is 1. The van der Waals surface area contributed by atoms with Gasteiger partial charge >= 0.3 is 6.03 Å². The molecule has 0 spiro atoms. The molecule has 0 aromatic heterocycles. The van der Waals surface area contributed by atoms with Crippen LogP contribution >= 0.6 is 11.6 Å². The number of carbonyl (C=O) groups is 1. The number of ether oxygens (including phenoxy) is 2. The van der Waals surface area contributed by atoms with Crippen LogP contribution in [-0.2, 0) is 6.54 Å². The van der Waals surface area contributed by atoms with Crippen LogP contribution < -0.4 is 14.8 Å². The van der Waals surface area contributed by atoms with E-state index in [2.05, 4.69) is 5.32 Å². The lowest BCUT2D eigenvalue weighted by Gasteiger charge is -2.22. The summed E-state index contributed by atoms with van der Waals surface area (Å²) in [6.45, 7) is 2.67. The standard InChI is InChI=1S/C18H19ClN2O3/c1-12(14-4-6-15(19)7-5-14)20-18(22)21(2)10-13-3-8-16-17(9-13)24-11-23-16/h3-9,12H,10-11H2,1-2H3,(H,20,22). The van der Waals surface area contributed by atoms with Crippen LogP contribution in [0.3, 0.4) is 0 Å². The third kappa shape index (κ3) is 3.74. The summed E-state index contributed by atoms with van der Waals surface area (Å²) in [6.07, 6.45) is 0. The molecular weight excluding hydrogens is 328 g/mol. The SMILES string of the molecule is CC(NC(=O)N(C)Cc1ccc2c(c1)OCO2)c1ccc(Cl)cc1. The lowest BCUT2D eigenvalue weighted by molar-refractivity contribution is 0.174. The summed E-state index contributed by atoms with van der Waals surface area (Å²) in [5, 5.41) is 3.65. The van der Waals surface area contributed by atoms with Crippen molar-refractivity contribution in [3.05, 3.63) is 58.6 Å². The number of halogens is 1. The van der Waals surface area contributed by atoms with Gasteiger partial charge in [-0.15, -0.1) is 0 Å². The average molecular weight is 347 g/mol. The van der Waals surface area contributed by atoms with Gasteiger partial charge in [0.05, 0.1) is 6.04 Å². The Balaban J connectivity index is 1.59. The average Bonchev–Trinajstić information content (AvgIpc) is 3.03. The van der Waals surface area contributed by atoms with Crippen LogP contribution in [0.4, 0.5) is 4.79 Å². The minimum atomic E-state index is -0.143. The van der Waals surface area contributed by atoms with Gasteiger partial charge < -0.3 is 19.7 Å². The highest BCUT2D eigenvalue weighted by atomic mass is 35.5. The number of urea groups is 1. The second kappa shape index (κ2) is 7.01. The van der Waals surface area contributed by atoms with Crippen molar-refractivity contribution in [2.24, 2.45) is 0 Å². The van der Waals surface area contributed by atoms with Crippen molar-refractivity contribution < 1.29 is 14.3 Å². The van der Waals surface area contributed by atoms with E-state index in [0.717, 1.165) is 22.6 Å². The van der Waals surface area contributed by atoms with Gasteiger partial charge in [0.2, 0.25) is 6.79 Å². The zero-order chi connectivity index (χ0) is 17.1. The van der Waals surface area contributed by atoms with Crippen LogP contribution in [0.15, 0.2) is 42.5 Å². The van der Waals surface area contributed by atoms with Crippen molar-refractivity contribution in [1.29, 1.82) is 0 Å². The van der Waals surface area contributed by atoms with Crippen molar-refractivity contribution in [2.45, 2.75) is 19.5 Å². The first-order valence-electron chi connectivity index (χ1n) is 7.68.